The van der Waals surface area contributed by atoms with Gasteiger partial charge in [0.05, 0.1) is 5.25 Å². The van der Waals surface area contributed by atoms with Crippen LogP contribution in [0, 0.1) is 0 Å². The molecule has 2 aromatic carbocycles. The molecule has 0 saturated heterocycles. The number of rotatable bonds is 7. The van der Waals surface area contributed by atoms with Gasteiger partial charge in [-0.05, 0) is 31.5 Å². The van der Waals surface area contributed by atoms with Crippen LogP contribution in [0.3, 0.4) is 0 Å². The molecule has 1 aromatic heterocycles. The number of thioether (sulfide) groups is 1. The highest BCUT2D eigenvalue weighted by molar-refractivity contribution is 8.00. The largest absolute Gasteiger partial charge is 0.454 e. The Kier molecular flexibility index (Phi) is 5.71. The number of benzene rings is 2. The number of hydrogen-bond acceptors (Lipinski definition) is 6. The normalized spacial score (nSPS) is 13.3. The lowest BCUT2D eigenvalue weighted by molar-refractivity contribution is -0.115. The van der Waals surface area contributed by atoms with Gasteiger partial charge >= 0.3 is 0 Å². The Balaban J connectivity index is 1.42. The Morgan fingerprint density at radius 2 is 1.97 bits per heavy atom. The second-order valence-corrected chi connectivity index (χ2v) is 7.93. The zero-order chi connectivity index (χ0) is 20.2. The highest BCUT2D eigenvalue weighted by atomic mass is 32.2. The molecule has 7 nitrogen and oxygen atoms in total. The van der Waals surface area contributed by atoms with Crippen LogP contribution in [-0.2, 0) is 17.8 Å². The van der Waals surface area contributed by atoms with Crippen LogP contribution in [0.1, 0.15) is 25.2 Å². The Bertz CT molecular complexity index is 1010. The minimum Gasteiger partial charge on any atom is -0.454 e. The Morgan fingerprint density at radius 3 is 2.76 bits per heavy atom. The van der Waals surface area contributed by atoms with Gasteiger partial charge in [0.15, 0.2) is 16.7 Å². The average molecular weight is 410 g/mol. The zero-order valence-electron chi connectivity index (χ0n) is 16.3. The Hall–Kier alpha value is -3.00. The summed E-state index contributed by atoms with van der Waals surface area (Å²) in [6.07, 6.45) is 0.708. The van der Waals surface area contributed by atoms with Gasteiger partial charge in [-0.1, -0.05) is 42.1 Å². The first-order valence-corrected chi connectivity index (χ1v) is 10.3. The smallest absolute Gasteiger partial charge is 0.237 e. The number of fused-ring (bicyclic) bond motifs is 1. The lowest BCUT2D eigenvalue weighted by Gasteiger charge is -2.13. The van der Waals surface area contributed by atoms with Gasteiger partial charge in [0.1, 0.15) is 5.82 Å². The summed E-state index contributed by atoms with van der Waals surface area (Å²) >= 11 is 1.40. The summed E-state index contributed by atoms with van der Waals surface area (Å²) in [5.74, 6) is 2.11. The quantitative estimate of drug-likeness (QED) is 0.598. The van der Waals surface area contributed by atoms with Gasteiger partial charge in [-0.2, -0.15) is 0 Å². The molecule has 1 N–H and O–H groups in total. The van der Waals surface area contributed by atoms with Crippen molar-refractivity contribution in [3.63, 3.8) is 0 Å². The van der Waals surface area contributed by atoms with Gasteiger partial charge in [-0.25, -0.2) is 0 Å². The van der Waals surface area contributed by atoms with E-state index in [0.29, 0.717) is 23.6 Å². The van der Waals surface area contributed by atoms with Gasteiger partial charge in [0.2, 0.25) is 12.7 Å². The number of nitrogens with one attached hydrogen (secondary N) is 1. The van der Waals surface area contributed by atoms with E-state index in [4.69, 9.17) is 9.47 Å². The van der Waals surface area contributed by atoms with Crippen LogP contribution in [-0.4, -0.2) is 32.7 Å². The second kappa shape index (κ2) is 8.57. The van der Waals surface area contributed by atoms with Gasteiger partial charge in [-0.15, -0.1) is 10.2 Å². The average Bonchev–Trinajstić information content (AvgIpc) is 3.35. The van der Waals surface area contributed by atoms with E-state index in [0.717, 1.165) is 17.5 Å². The van der Waals surface area contributed by atoms with Crippen molar-refractivity contribution >= 4 is 23.4 Å². The molecule has 1 aliphatic rings. The van der Waals surface area contributed by atoms with E-state index < -0.39 is 0 Å². The molecule has 3 aromatic rings. The number of aromatic nitrogens is 3. The van der Waals surface area contributed by atoms with E-state index in [1.54, 1.807) is 18.2 Å². The minimum atomic E-state index is -0.334. The van der Waals surface area contributed by atoms with Crippen LogP contribution in [0.25, 0.3) is 0 Å². The summed E-state index contributed by atoms with van der Waals surface area (Å²) in [4.78, 5) is 12.7. The Morgan fingerprint density at radius 1 is 1.17 bits per heavy atom. The second-order valence-electron chi connectivity index (χ2n) is 6.62. The maximum absolute atomic E-state index is 12.7. The molecular formula is C21H22N4O3S. The van der Waals surface area contributed by atoms with Crippen LogP contribution >= 0.6 is 11.8 Å². The standard InChI is InChI=1S/C21H22N4O3S/c1-3-25-19(11-15-7-5-4-6-8-15)23-24-21(25)29-14(2)20(26)22-16-9-10-17-18(12-16)28-13-27-17/h4-10,12,14H,3,11,13H2,1-2H3,(H,22,26). The number of nitrogens with zero attached hydrogens (tertiary/aromatic N) is 3. The molecule has 1 aliphatic heterocycles. The van der Waals surface area contributed by atoms with Gasteiger partial charge in [-0.3, -0.25) is 4.79 Å². The van der Waals surface area contributed by atoms with Crippen molar-refractivity contribution in [1.82, 2.24) is 14.8 Å². The van der Waals surface area contributed by atoms with Crippen LogP contribution in [0.2, 0.25) is 0 Å². The van der Waals surface area contributed by atoms with Gasteiger partial charge < -0.3 is 19.4 Å². The summed E-state index contributed by atoms with van der Waals surface area (Å²) in [7, 11) is 0. The number of ether oxygens (including phenoxy) is 2. The summed E-state index contributed by atoms with van der Waals surface area (Å²) in [5, 5.41) is 12.0. The predicted molar refractivity (Wildman–Crippen MR) is 111 cm³/mol. The molecule has 150 valence electrons. The monoisotopic (exact) mass is 410 g/mol. The molecule has 0 aliphatic carbocycles. The van der Waals surface area contributed by atoms with Crippen LogP contribution in [0.4, 0.5) is 5.69 Å². The third-order valence-electron chi connectivity index (χ3n) is 4.61. The predicted octanol–water partition coefficient (Wildman–Crippen LogP) is 3.74. The summed E-state index contributed by atoms with van der Waals surface area (Å²) < 4.78 is 12.7. The summed E-state index contributed by atoms with van der Waals surface area (Å²) in [5.41, 5.74) is 1.85. The molecule has 1 atom stereocenters. The molecule has 0 fully saturated rings. The van der Waals surface area contributed by atoms with Crippen LogP contribution in [0.15, 0.2) is 53.7 Å². The molecule has 1 unspecified atom stereocenters. The molecule has 4 rings (SSSR count). The number of anilines is 1. The van der Waals surface area contributed by atoms with Crippen molar-refractivity contribution in [2.24, 2.45) is 0 Å². The zero-order valence-corrected chi connectivity index (χ0v) is 17.1. The molecular weight excluding hydrogens is 388 g/mol. The Labute approximate surface area is 173 Å². The number of amides is 1. The molecule has 29 heavy (non-hydrogen) atoms. The van der Waals surface area contributed by atoms with Crippen molar-refractivity contribution in [3.05, 3.63) is 59.9 Å². The van der Waals surface area contributed by atoms with Crippen molar-refractivity contribution in [2.45, 2.75) is 37.2 Å². The molecule has 0 saturated carbocycles. The molecule has 8 heteroatoms. The number of carbonyl (C=O) groups is 1. The molecule has 0 spiro atoms. The lowest BCUT2D eigenvalue weighted by Crippen LogP contribution is -2.23. The summed E-state index contributed by atoms with van der Waals surface area (Å²) in [6, 6.07) is 15.5. The third kappa shape index (κ3) is 4.37. The summed E-state index contributed by atoms with van der Waals surface area (Å²) in [6.45, 7) is 4.86. The first-order chi connectivity index (χ1) is 14.1. The van der Waals surface area contributed by atoms with Crippen molar-refractivity contribution < 1.29 is 14.3 Å². The topological polar surface area (TPSA) is 78.3 Å². The maximum Gasteiger partial charge on any atom is 0.237 e. The van der Waals surface area contributed by atoms with E-state index >= 15 is 0 Å². The first-order valence-electron chi connectivity index (χ1n) is 9.47. The van der Waals surface area contributed by atoms with Crippen molar-refractivity contribution in [2.75, 3.05) is 12.1 Å². The van der Waals surface area contributed by atoms with Crippen LogP contribution < -0.4 is 14.8 Å². The lowest BCUT2D eigenvalue weighted by atomic mass is 10.1. The van der Waals surface area contributed by atoms with Crippen molar-refractivity contribution in [3.8, 4) is 11.5 Å². The van der Waals surface area contributed by atoms with E-state index in [2.05, 4.69) is 39.1 Å². The highest BCUT2D eigenvalue weighted by Crippen LogP contribution is 2.34. The van der Waals surface area contributed by atoms with E-state index in [1.807, 2.05) is 25.1 Å². The molecule has 0 bridgehead atoms. The highest BCUT2D eigenvalue weighted by Gasteiger charge is 2.21. The molecule has 1 amide bonds. The van der Waals surface area contributed by atoms with Crippen molar-refractivity contribution in [1.29, 1.82) is 0 Å². The first kappa shape index (κ1) is 19.3. The fourth-order valence-electron chi connectivity index (χ4n) is 3.06. The maximum atomic E-state index is 12.7. The fourth-order valence-corrected chi connectivity index (χ4v) is 3.99. The minimum absolute atomic E-state index is 0.107. The fraction of sp³-hybridized carbons (Fsp3) is 0.286. The third-order valence-corrected chi connectivity index (χ3v) is 5.69. The van der Waals surface area contributed by atoms with Gasteiger partial charge in [0.25, 0.3) is 0 Å². The number of carbonyl (C=O) groups excluding carboxylic acids is 1. The molecule has 2 heterocycles. The van der Waals surface area contributed by atoms with Gasteiger partial charge in [0, 0.05) is 24.7 Å². The van der Waals surface area contributed by atoms with E-state index in [-0.39, 0.29) is 18.0 Å². The number of hydrogen-bond donors (Lipinski definition) is 1. The SMILES string of the molecule is CCn1c(Cc2ccccc2)nnc1SC(C)C(=O)Nc1ccc2c(c1)OCO2. The van der Waals surface area contributed by atoms with E-state index in [1.165, 1.54) is 17.3 Å². The van der Waals surface area contributed by atoms with E-state index in [9.17, 15) is 4.79 Å². The molecule has 0 radical (unpaired) electrons. The van der Waals surface area contributed by atoms with Crippen LogP contribution in [0.5, 0.6) is 11.5 Å².